The molecule has 0 spiro atoms. The molecule has 0 aliphatic carbocycles. The number of rotatable bonds is 3. The number of hydrogen-bond acceptors (Lipinski definition) is 3. The molecule has 0 bridgehead atoms. The Labute approximate surface area is 80.0 Å². The van der Waals surface area contributed by atoms with Crippen LogP contribution in [0.5, 0.6) is 5.75 Å². The number of nitrogens with one attached hydrogen (secondary N) is 1. The fraction of sp³-hybridized carbons (Fsp3) is 0.250. The van der Waals surface area contributed by atoms with Gasteiger partial charge in [-0.2, -0.15) is 0 Å². The topological polar surface area (TPSA) is 47.3 Å². The van der Waals surface area contributed by atoms with Gasteiger partial charge < -0.3 is 4.74 Å². The van der Waals surface area contributed by atoms with Crippen molar-refractivity contribution in [2.24, 2.45) is 5.84 Å². The average molecular weight is 231 g/mol. The zero-order chi connectivity index (χ0) is 8.97. The number of hydrogen-bond donors (Lipinski definition) is 2. The maximum atomic E-state index is 5.20. The van der Waals surface area contributed by atoms with Crippen molar-refractivity contribution in [3.63, 3.8) is 0 Å². The highest BCUT2D eigenvalue weighted by atomic mass is 79.9. The lowest BCUT2D eigenvalue weighted by molar-refractivity contribution is 0.407. The molecule has 0 atom stereocenters. The van der Waals surface area contributed by atoms with E-state index in [9.17, 15) is 0 Å². The van der Waals surface area contributed by atoms with Gasteiger partial charge in [-0.1, -0.05) is 22.0 Å². The standard InChI is InChI=1S/C8H11BrN2O/c1-12-8-4-7(9)3-2-6(8)5-11-10/h2-4,11H,5,10H2,1H3. The molecule has 0 aliphatic rings. The molecular weight excluding hydrogens is 220 g/mol. The maximum absolute atomic E-state index is 5.20. The first-order valence-corrected chi connectivity index (χ1v) is 4.33. The molecule has 0 heterocycles. The van der Waals surface area contributed by atoms with E-state index >= 15 is 0 Å². The second-order valence-corrected chi connectivity index (χ2v) is 3.25. The highest BCUT2D eigenvalue weighted by Gasteiger charge is 2.01. The van der Waals surface area contributed by atoms with E-state index in [1.54, 1.807) is 7.11 Å². The van der Waals surface area contributed by atoms with Crippen molar-refractivity contribution in [3.8, 4) is 5.75 Å². The molecular formula is C8H11BrN2O. The van der Waals surface area contributed by atoms with E-state index in [0.29, 0.717) is 6.54 Å². The van der Waals surface area contributed by atoms with Crippen molar-refractivity contribution in [3.05, 3.63) is 28.2 Å². The van der Waals surface area contributed by atoms with Gasteiger partial charge in [-0.05, 0) is 12.1 Å². The summed E-state index contributed by atoms with van der Waals surface area (Å²) in [4.78, 5) is 0. The second kappa shape index (κ2) is 4.45. The molecule has 4 heteroatoms. The quantitative estimate of drug-likeness (QED) is 0.610. The molecule has 0 amide bonds. The predicted octanol–water partition coefficient (Wildman–Crippen LogP) is 1.42. The smallest absolute Gasteiger partial charge is 0.124 e. The van der Waals surface area contributed by atoms with Crippen LogP contribution in [-0.2, 0) is 6.54 Å². The lowest BCUT2D eigenvalue weighted by atomic mass is 10.2. The van der Waals surface area contributed by atoms with E-state index in [-0.39, 0.29) is 0 Å². The molecule has 1 rings (SSSR count). The fourth-order valence-electron chi connectivity index (χ4n) is 0.974. The number of nitrogens with two attached hydrogens (primary N) is 1. The zero-order valence-corrected chi connectivity index (χ0v) is 8.39. The molecule has 0 unspecified atom stereocenters. The number of hydrazine groups is 1. The van der Waals surface area contributed by atoms with Crippen LogP contribution in [0.15, 0.2) is 22.7 Å². The first-order chi connectivity index (χ1) is 5.77. The Morgan fingerprint density at radius 3 is 2.92 bits per heavy atom. The van der Waals surface area contributed by atoms with Crippen LogP contribution in [0.4, 0.5) is 0 Å². The summed E-state index contributed by atoms with van der Waals surface area (Å²) >= 11 is 3.36. The molecule has 0 aliphatic heterocycles. The monoisotopic (exact) mass is 230 g/mol. The van der Waals surface area contributed by atoms with Crippen LogP contribution in [0.25, 0.3) is 0 Å². The molecule has 66 valence electrons. The molecule has 0 saturated heterocycles. The third-order valence-electron chi connectivity index (χ3n) is 1.54. The molecule has 3 nitrogen and oxygen atoms in total. The summed E-state index contributed by atoms with van der Waals surface area (Å²) in [5.74, 6) is 6.04. The molecule has 0 fully saturated rings. The molecule has 1 aromatic carbocycles. The van der Waals surface area contributed by atoms with E-state index in [1.165, 1.54) is 0 Å². The van der Waals surface area contributed by atoms with Gasteiger partial charge in [0.15, 0.2) is 0 Å². The zero-order valence-electron chi connectivity index (χ0n) is 6.80. The van der Waals surface area contributed by atoms with Crippen molar-refractivity contribution in [1.29, 1.82) is 0 Å². The van der Waals surface area contributed by atoms with E-state index < -0.39 is 0 Å². The molecule has 3 N–H and O–H groups in total. The molecule has 0 radical (unpaired) electrons. The summed E-state index contributed by atoms with van der Waals surface area (Å²) in [6, 6.07) is 5.82. The van der Waals surface area contributed by atoms with Crippen LogP contribution in [0.1, 0.15) is 5.56 Å². The van der Waals surface area contributed by atoms with Crippen LogP contribution in [-0.4, -0.2) is 7.11 Å². The van der Waals surface area contributed by atoms with Gasteiger partial charge in [-0.25, -0.2) is 0 Å². The lowest BCUT2D eigenvalue weighted by Gasteiger charge is -2.07. The summed E-state index contributed by atoms with van der Waals surface area (Å²) in [6.45, 7) is 0.608. The summed E-state index contributed by atoms with van der Waals surface area (Å²) in [7, 11) is 1.64. The third kappa shape index (κ3) is 2.20. The SMILES string of the molecule is COc1cc(Br)ccc1CNN. The molecule has 0 aromatic heterocycles. The summed E-state index contributed by atoms with van der Waals surface area (Å²) in [5.41, 5.74) is 3.63. The lowest BCUT2D eigenvalue weighted by Crippen LogP contribution is -2.21. The van der Waals surface area contributed by atoms with Crippen LogP contribution >= 0.6 is 15.9 Å². The Morgan fingerprint density at radius 2 is 2.33 bits per heavy atom. The summed E-state index contributed by atoms with van der Waals surface area (Å²) in [5, 5.41) is 0. The van der Waals surface area contributed by atoms with Gasteiger partial charge in [0.05, 0.1) is 7.11 Å². The van der Waals surface area contributed by atoms with Crippen molar-refractivity contribution in [2.75, 3.05) is 7.11 Å². The normalized spacial score (nSPS) is 9.92. The Kier molecular flexibility index (Phi) is 3.52. The van der Waals surface area contributed by atoms with Gasteiger partial charge in [-0.15, -0.1) is 0 Å². The number of methoxy groups -OCH3 is 1. The number of benzene rings is 1. The van der Waals surface area contributed by atoms with Crippen LogP contribution in [0.2, 0.25) is 0 Å². The largest absolute Gasteiger partial charge is 0.496 e. The van der Waals surface area contributed by atoms with Gasteiger partial charge in [0.25, 0.3) is 0 Å². The van der Waals surface area contributed by atoms with Crippen LogP contribution < -0.4 is 16.0 Å². The Bertz CT molecular complexity index is 265. The Morgan fingerprint density at radius 1 is 1.58 bits per heavy atom. The first kappa shape index (κ1) is 9.51. The van der Waals surface area contributed by atoms with E-state index in [1.807, 2.05) is 18.2 Å². The van der Waals surface area contributed by atoms with Gasteiger partial charge in [0.2, 0.25) is 0 Å². The van der Waals surface area contributed by atoms with E-state index in [4.69, 9.17) is 10.6 Å². The molecule has 12 heavy (non-hydrogen) atoms. The fourth-order valence-corrected chi connectivity index (χ4v) is 1.31. The Hall–Kier alpha value is -0.580. The summed E-state index contributed by atoms with van der Waals surface area (Å²) < 4.78 is 6.15. The van der Waals surface area contributed by atoms with Gasteiger partial charge >= 0.3 is 0 Å². The minimum Gasteiger partial charge on any atom is -0.496 e. The van der Waals surface area contributed by atoms with Crippen molar-refractivity contribution >= 4 is 15.9 Å². The number of ether oxygens (including phenoxy) is 1. The van der Waals surface area contributed by atoms with Gasteiger partial charge in [0.1, 0.15) is 5.75 Å². The Balaban J connectivity index is 2.94. The minimum absolute atomic E-state index is 0.608. The average Bonchev–Trinajstić information content (AvgIpc) is 2.08. The first-order valence-electron chi connectivity index (χ1n) is 3.54. The predicted molar refractivity (Wildman–Crippen MR) is 51.7 cm³/mol. The van der Waals surface area contributed by atoms with E-state index in [2.05, 4.69) is 21.4 Å². The maximum Gasteiger partial charge on any atom is 0.124 e. The van der Waals surface area contributed by atoms with Gasteiger partial charge in [-0.3, -0.25) is 11.3 Å². The van der Waals surface area contributed by atoms with E-state index in [0.717, 1.165) is 15.8 Å². The number of halogens is 1. The van der Waals surface area contributed by atoms with Crippen molar-refractivity contribution in [2.45, 2.75) is 6.54 Å². The second-order valence-electron chi connectivity index (χ2n) is 2.34. The van der Waals surface area contributed by atoms with Crippen LogP contribution in [0.3, 0.4) is 0 Å². The highest BCUT2D eigenvalue weighted by molar-refractivity contribution is 9.10. The third-order valence-corrected chi connectivity index (χ3v) is 2.03. The minimum atomic E-state index is 0.608. The van der Waals surface area contributed by atoms with Gasteiger partial charge in [0, 0.05) is 16.6 Å². The summed E-state index contributed by atoms with van der Waals surface area (Å²) in [6.07, 6.45) is 0. The van der Waals surface area contributed by atoms with Crippen molar-refractivity contribution < 1.29 is 4.74 Å². The molecule has 0 saturated carbocycles. The molecule has 1 aromatic rings. The van der Waals surface area contributed by atoms with Crippen molar-refractivity contribution in [1.82, 2.24) is 5.43 Å². The van der Waals surface area contributed by atoms with Crippen LogP contribution in [0, 0.1) is 0 Å². The highest BCUT2D eigenvalue weighted by Crippen LogP contribution is 2.22.